The number of benzene rings is 1. The molecule has 1 aromatic rings. The molecule has 0 spiro atoms. The predicted octanol–water partition coefficient (Wildman–Crippen LogP) is 2.91. The van der Waals surface area contributed by atoms with Crippen LogP contribution in [0.1, 0.15) is 32.3 Å². The molecule has 0 saturated carbocycles. The third-order valence-electron chi connectivity index (χ3n) is 2.77. The van der Waals surface area contributed by atoms with Gasteiger partial charge in [-0.15, -0.1) is 0 Å². The maximum atomic E-state index is 13.1. The van der Waals surface area contributed by atoms with Gasteiger partial charge < -0.3 is 10.6 Å². The fourth-order valence-electron chi connectivity index (χ4n) is 1.82. The Morgan fingerprint density at radius 3 is 2.62 bits per heavy atom. The molecule has 0 atom stereocenters. The van der Waals surface area contributed by atoms with Crippen LogP contribution in [0.2, 0.25) is 0 Å². The van der Waals surface area contributed by atoms with Gasteiger partial charge in [-0.1, -0.05) is 13.3 Å². The van der Waals surface area contributed by atoms with Gasteiger partial charge in [0.2, 0.25) is 0 Å². The minimum absolute atomic E-state index is 0.212. The molecule has 2 nitrogen and oxygen atoms in total. The quantitative estimate of drug-likeness (QED) is 0.805. The molecule has 1 aromatic carbocycles. The van der Waals surface area contributed by atoms with Crippen molar-refractivity contribution in [2.45, 2.75) is 33.2 Å². The number of nitrogens with zero attached hydrogens (tertiary/aromatic N) is 1. The van der Waals surface area contributed by atoms with E-state index in [-0.39, 0.29) is 5.82 Å². The van der Waals surface area contributed by atoms with E-state index in [1.807, 2.05) is 6.07 Å². The maximum Gasteiger partial charge on any atom is 0.123 e. The molecule has 0 saturated heterocycles. The zero-order valence-electron chi connectivity index (χ0n) is 10.2. The molecule has 1 rings (SSSR count). The molecule has 0 heterocycles. The average Bonchev–Trinajstić information content (AvgIpc) is 2.31. The first-order valence-corrected chi connectivity index (χ1v) is 5.96. The second-order valence-electron chi connectivity index (χ2n) is 3.91. The highest BCUT2D eigenvalue weighted by atomic mass is 19.1. The molecule has 0 amide bonds. The molecular formula is C13H21FN2. The highest BCUT2D eigenvalue weighted by Crippen LogP contribution is 2.21. The van der Waals surface area contributed by atoms with E-state index in [0.29, 0.717) is 6.54 Å². The highest BCUT2D eigenvalue weighted by molar-refractivity contribution is 5.53. The smallest absolute Gasteiger partial charge is 0.123 e. The summed E-state index contributed by atoms with van der Waals surface area (Å²) in [7, 11) is 0. The fraction of sp³-hybridized carbons (Fsp3) is 0.538. The number of unbranched alkanes of at least 4 members (excludes halogenated alkanes) is 1. The van der Waals surface area contributed by atoms with Crippen LogP contribution in [0.15, 0.2) is 18.2 Å². The van der Waals surface area contributed by atoms with Crippen LogP contribution in [0.4, 0.5) is 10.1 Å². The number of rotatable bonds is 6. The lowest BCUT2D eigenvalue weighted by Crippen LogP contribution is -2.25. The Labute approximate surface area is 97.3 Å². The van der Waals surface area contributed by atoms with Gasteiger partial charge in [0.1, 0.15) is 5.82 Å². The molecule has 0 aliphatic rings. The van der Waals surface area contributed by atoms with Gasteiger partial charge in [-0.3, -0.25) is 0 Å². The topological polar surface area (TPSA) is 29.3 Å². The number of anilines is 1. The summed E-state index contributed by atoms with van der Waals surface area (Å²) in [5.74, 6) is -0.212. The molecular weight excluding hydrogens is 203 g/mol. The fourth-order valence-corrected chi connectivity index (χ4v) is 1.82. The summed E-state index contributed by atoms with van der Waals surface area (Å²) in [6.45, 7) is 6.60. The summed E-state index contributed by atoms with van der Waals surface area (Å²) >= 11 is 0. The van der Waals surface area contributed by atoms with Gasteiger partial charge in [-0.25, -0.2) is 4.39 Å². The average molecular weight is 224 g/mol. The second kappa shape index (κ2) is 6.48. The molecule has 0 aromatic heterocycles. The van der Waals surface area contributed by atoms with Crippen molar-refractivity contribution in [2.24, 2.45) is 5.73 Å². The first-order valence-electron chi connectivity index (χ1n) is 5.96. The molecule has 0 bridgehead atoms. The number of nitrogens with two attached hydrogens (primary N) is 1. The van der Waals surface area contributed by atoms with E-state index >= 15 is 0 Å². The minimum atomic E-state index is -0.212. The summed E-state index contributed by atoms with van der Waals surface area (Å²) in [6, 6.07) is 4.86. The normalized spacial score (nSPS) is 10.5. The maximum absolute atomic E-state index is 13.1. The Morgan fingerprint density at radius 2 is 2.06 bits per heavy atom. The predicted molar refractivity (Wildman–Crippen MR) is 67.1 cm³/mol. The molecule has 0 aliphatic carbocycles. The third-order valence-corrected chi connectivity index (χ3v) is 2.77. The van der Waals surface area contributed by atoms with Crippen molar-refractivity contribution in [1.82, 2.24) is 0 Å². The number of hydrogen-bond acceptors (Lipinski definition) is 2. The largest absolute Gasteiger partial charge is 0.372 e. The van der Waals surface area contributed by atoms with Crippen LogP contribution >= 0.6 is 0 Å². The van der Waals surface area contributed by atoms with E-state index in [1.165, 1.54) is 12.1 Å². The van der Waals surface area contributed by atoms with Crippen molar-refractivity contribution < 1.29 is 4.39 Å². The van der Waals surface area contributed by atoms with E-state index in [9.17, 15) is 4.39 Å². The van der Waals surface area contributed by atoms with Crippen molar-refractivity contribution >= 4 is 5.69 Å². The van der Waals surface area contributed by atoms with E-state index < -0.39 is 0 Å². The molecule has 0 fully saturated rings. The summed E-state index contributed by atoms with van der Waals surface area (Å²) < 4.78 is 13.1. The zero-order chi connectivity index (χ0) is 12.0. The van der Waals surface area contributed by atoms with E-state index in [4.69, 9.17) is 5.73 Å². The van der Waals surface area contributed by atoms with Crippen LogP contribution in [0.5, 0.6) is 0 Å². The summed E-state index contributed by atoms with van der Waals surface area (Å²) in [6.07, 6.45) is 2.31. The Morgan fingerprint density at radius 1 is 1.31 bits per heavy atom. The number of halogens is 1. The lowest BCUT2D eigenvalue weighted by Gasteiger charge is -2.25. The van der Waals surface area contributed by atoms with Crippen LogP contribution < -0.4 is 10.6 Å². The van der Waals surface area contributed by atoms with Crippen molar-refractivity contribution in [3.8, 4) is 0 Å². The minimum Gasteiger partial charge on any atom is -0.372 e. The molecule has 3 heteroatoms. The van der Waals surface area contributed by atoms with E-state index in [1.54, 1.807) is 0 Å². The highest BCUT2D eigenvalue weighted by Gasteiger charge is 2.09. The standard InChI is InChI=1S/C13H21FN2/c1-3-5-8-16(4-2)13-7-6-12(14)9-11(13)10-15/h6-7,9H,3-5,8,10,15H2,1-2H3. The van der Waals surface area contributed by atoms with Crippen molar-refractivity contribution in [3.63, 3.8) is 0 Å². The van der Waals surface area contributed by atoms with Crippen LogP contribution in [0, 0.1) is 5.82 Å². The Bertz CT molecular complexity index is 326. The van der Waals surface area contributed by atoms with Crippen LogP contribution in [-0.4, -0.2) is 13.1 Å². The Balaban J connectivity index is 2.90. The second-order valence-corrected chi connectivity index (χ2v) is 3.91. The van der Waals surface area contributed by atoms with Crippen molar-refractivity contribution in [1.29, 1.82) is 0 Å². The van der Waals surface area contributed by atoms with Crippen LogP contribution in [0.25, 0.3) is 0 Å². The zero-order valence-corrected chi connectivity index (χ0v) is 10.2. The Kier molecular flexibility index (Phi) is 5.26. The monoisotopic (exact) mass is 224 g/mol. The van der Waals surface area contributed by atoms with Gasteiger partial charge in [-0.05, 0) is 37.1 Å². The SMILES string of the molecule is CCCCN(CC)c1ccc(F)cc1CN. The van der Waals surface area contributed by atoms with Gasteiger partial charge in [0, 0.05) is 25.3 Å². The van der Waals surface area contributed by atoms with Gasteiger partial charge in [0.15, 0.2) is 0 Å². The molecule has 0 unspecified atom stereocenters. The van der Waals surface area contributed by atoms with Gasteiger partial charge >= 0.3 is 0 Å². The van der Waals surface area contributed by atoms with Crippen LogP contribution in [-0.2, 0) is 6.54 Å². The first kappa shape index (κ1) is 13.0. The lowest BCUT2D eigenvalue weighted by atomic mass is 10.1. The molecule has 0 aliphatic heterocycles. The lowest BCUT2D eigenvalue weighted by molar-refractivity contribution is 0.624. The molecule has 90 valence electrons. The van der Waals surface area contributed by atoms with E-state index in [0.717, 1.165) is 37.2 Å². The van der Waals surface area contributed by atoms with Gasteiger partial charge in [0.25, 0.3) is 0 Å². The first-order chi connectivity index (χ1) is 7.72. The molecule has 2 N–H and O–H groups in total. The van der Waals surface area contributed by atoms with E-state index in [2.05, 4.69) is 18.7 Å². The molecule has 0 radical (unpaired) electrons. The third kappa shape index (κ3) is 3.20. The van der Waals surface area contributed by atoms with Crippen molar-refractivity contribution in [3.05, 3.63) is 29.6 Å². The van der Waals surface area contributed by atoms with Gasteiger partial charge in [-0.2, -0.15) is 0 Å². The Hall–Kier alpha value is -1.09. The van der Waals surface area contributed by atoms with Crippen LogP contribution in [0.3, 0.4) is 0 Å². The van der Waals surface area contributed by atoms with Gasteiger partial charge in [0.05, 0.1) is 0 Å². The summed E-state index contributed by atoms with van der Waals surface area (Å²) in [5.41, 5.74) is 7.60. The van der Waals surface area contributed by atoms with Crippen molar-refractivity contribution in [2.75, 3.05) is 18.0 Å². The summed E-state index contributed by atoms with van der Waals surface area (Å²) in [5, 5.41) is 0. The summed E-state index contributed by atoms with van der Waals surface area (Å²) in [4.78, 5) is 2.26. The molecule has 16 heavy (non-hydrogen) atoms. The number of hydrogen-bond donors (Lipinski definition) is 1.